The lowest BCUT2D eigenvalue weighted by Gasteiger charge is -2.33. The number of aryl methyl sites for hydroxylation is 2. The molecule has 0 spiro atoms. The van der Waals surface area contributed by atoms with Gasteiger partial charge in [-0.05, 0) is 25.5 Å². The number of benzene rings is 1. The van der Waals surface area contributed by atoms with Crippen molar-refractivity contribution in [1.82, 2.24) is 9.97 Å². The van der Waals surface area contributed by atoms with Gasteiger partial charge < -0.3 is 9.64 Å². The Hall–Kier alpha value is -2.70. The molecule has 7 nitrogen and oxygen atoms in total. The zero-order valence-corrected chi connectivity index (χ0v) is 14.5. The van der Waals surface area contributed by atoms with Gasteiger partial charge >= 0.3 is 0 Å². The van der Waals surface area contributed by atoms with E-state index in [-0.39, 0.29) is 11.8 Å². The summed E-state index contributed by atoms with van der Waals surface area (Å²) in [7, 11) is 0. The predicted octanol–water partition coefficient (Wildman–Crippen LogP) is 3.30. The molecule has 0 amide bonds. The molecule has 0 N–H and O–H groups in total. The Labute approximate surface area is 146 Å². The zero-order valence-electron chi connectivity index (χ0n) is 14.5. The molecule has 7 heteroatoms. The summed E-state index contributed by atoms with van der Waals surface area (Å²) in [6.45, 7) is 5.76. The van der Waals surface area contributed by atoms with E-state index in [4.69, 9.17) is 4.74 Å². The van der Waals surface area contributed by atoms with Crippen LogP contribution in [0.25, 0.3) is 0 Å². The lowest BCUT2D eigenvalue weighted by Crippen LogP contribution is -2.38. The highest BCUT2D eigenvalue weighted by Gasteiger charge is 2.22. The second-order valence-corrected chi connectivity index (χ2v) is 6.17. The molecule has 1 aromatic carbocycles. The summed E-state index contributed by atoms with van der Waals surface area (Å²) in [5.41, 5.74) is 1.14. The number of nitrogens with zero attached hydrogens (tertiary/aromatic N) is 4. The van der Waals surface area contributed by atoms with Crippen LogP contribution in [0.3, 0.4) is 0 Å². The van der Waals surface area contributed by atoms with E-state index in [0.717, 1.165) is 49.7 Å². The molecule has 3 rings (SSSR count). The fraction of sp³-hybridized carbons (Fsp3) is 0.444. The summed E-state index contributed by atoms with van der Waals surface area (Å²) in [5.74, 6) is 2.46. The van der Waals surface area contributed by atoms with E-state index < -0.39 is 4.92 Å². The third-order valence-corrected chi connectivity index (χ3v) is 4.36. The molecule has 1 aliphatic heterocycles. The van der Waals surface area contributed by atoms with Gasteiger partial charge in [0.1, 0.15) is 23.5 Å². The van der Waals surface area contributed by atoms with Gasteiger partial charge in [-0.15, -0.1) is 0 Å². The van der Waals surface area contributed by atoms with Crippen LogP contribution in [0.1, 0.15) is 31.3 Å². The largest absolute Gasteiger partial charge is 0.490 e. The molecule has 1 aromatic heterocycles. The number of non-ortho nitro benzene ring substituents is 1. The van der Waals surface area contributed by atoms with Crippen LogP contribution in [0.4, 0.5) is 11.5 Å². The number of hydrogen-bond acceptors (Lipinski definition) is 6. The Balaban J connectivity index is 1.58. The summed E-state index contributed by atoms with van der Waals surface area (Å²) in [6.07, 6.45) is 2.80. The Kier molecular flexibility index (Phi) is 5.11. The van der Waals surface area contributed by atoms with Gasteiger partial charge in [-0.3, -0.25) is 10.1 Å². The number of aromatic nitrogens is 2. The lowest BCUT2D eigenvalue weighted by atomic mass is 10.1. The van der Waals surface area contributed by atoms with Crippen molar-refractivity contribution >= 4 is 11.5 Å². The number of anilines is 1. The van der Waals surface area contributed by atoms with Crippen molar-refractivity contribution in [2.45, 2.75) is 39.2 Å². The fourth-order valence-electron chi connectivity index (χ4n) is 3.00. The van der Waals surface area contributed by atoms with Crippen molar-refractivity contribution in [1.29, 1.82) is 0 Å². The first-order valence-electron chi connectivity index (χ1n) is 8.55. The molecule has 0 bridgehead atoms. The lowest BCUT2D eigenvalue weighted by molar-refractivity contribution is -0.384. The van der Waals surface area contributed by atoms with Gasteiger partial charge in [-0.25, -0.2) is 9.97 Å². The third-order valence-electron chi connectivity index (χ3n) is 4.36. The number of nitro groups is 1. The molecule has 1 saturated heterocycles. The van der Waals surface area contributed by atoms with Gasteiger partial charge in [-0.2, -0.15) is 0 Å². The third kappa shape index (κ3) is 4.23. The summed E-state index contributed by atoms with van der Waals surface area (Å²) in [6, 6.07) is 8.32. The number of piperidine rings is 1. The topological polar surface area (TPSA) is 81.4 Å². The van der Waals surface area contributed by atoms with E-state index in [1.807, 2.05) is 6.92 Å². The Morgan fingerprint density at radius 2 is 1.92 bits per heavy atom. The maximum atomic E-state index is 10.7. The second kappa shape index (κ2) is 7.46. The first-order chi connectivity index (χ1) is 12.0. The van der Waals surface area contributed by atoms with Crippen LogP contribution < -0.4 is 9.64 Å². The first-order valence-corrected chi connectivity index (χ1v) is 8.55. The van der Waals surface area contributed by atoms with Crippen molar-refractivity contribution < 1.29 is 9.66 Å². The van der Waals surface area contributed by atoms with Crippen molar-refractivity contribution in [3.05, 3.63) is 52.0 Å². The second-order valence-electron chi connectivity index (χ2n) is 6.17. The van der Waals surface area contributed by atoms with Crippen LogP contribution >= 0.6 is 0 Å². The highest BCUT2D eigenvalue weighted by Crippen LogP contribution is 2.24. The highest BCUT2D eigenvalue weighted by molar-refractivity contribution is 5.40. The average Bonchev–Trinajstić information content (AvgIpc) is 2.62. The van der Waals surface area contributed by atoms with Gasteiger partial charge in [0.15, 0.2) is 0 Å². The zero-order chi connectivity index (χ0) is 17.8. The standard InChI is InChI=1S/C18H22N4O3/c1-3-14-12-18(20-13(2)19-14)21-10-8-17(9-11-21)25-16-6-4-15(5-7-16)22(23)24/h4-7,12,17H,3,8-11H2,1-2H3. The number of ether oxygens (including phenoxy) is 1. The van der Waals surface area contributed by atoms with E-state index in [1.165, 1.54) is 12.1 Å². The van der Waals surface area contributed by atoms with Gasteiger partial charge in [0, 0.05) is 49.8 Å². The predicted molar refractivity (Wildman–Crippen MR) is 95.1 cm³/mol. The Morgan fingerprint density at radius 3 is 2.52 bits per heavy atom. The Morgan fingerprint density at radius 1 is 1.24 bits per heavy atom. The normalized spacial score (nSPS) is 15.2. The van der Waals surface area contributed by atoms with E-state index in [1.54, 1.807) is 12.1 Å². The minimum absolute atomic E-state index is 0.0769. The maximum absolute atomic E-state index is 10.7. The average molecular weight is 342 g/mol. The van der Waals surface area contributed by atoms with E-state index in [2.05, 4.69) is 27.9 Å². The molecule has 1 aliphatic rings. The molecule has 132 valence electrons. The number of nitro benzene ring substituents is 1. The van der Waals surface area contributed by atoms with Gasteiger partial charge in [0.25, 0.3) is 5.69 Å². The summed E-state index contributed by atoms with van der Waals surface area (Å²) in [5, 5.41) is 10.7. The quantitative estimate of drug-likeness (QED) is 0.612. The Bertz CT molecular complexity index is 740. The molecule has 0 aliphatic carbocycles. The molecule has 1 fully saturated rings. The molecule has 0 unspecified atom stereocenters. The van der Waals surface area contributed by atoms with E-state index in [0.29, 0.717) is 5.75 Å². The molecular formula is C18H22N4O3. The summed E-state index contributed by atoms with van der Waals surface area (Å²) in [4.78, 5) is 21.5. The first kappa shape index (κ1) is 17.1. The SMILES string of the molecule is CCc1cc(N2CCC(Oc3ccc([N+](=O)[O-])cc3)CC2)nc(C)n1. The highest BCUT2D eigenvalue weighted by atomic mass is 16.6. The van der Waals surface area contributed by atoms with Crippen molar-refractivity contribution in [3.63, 3.8) is 0 Å². The smallest absolute Gasteiger partial charge is 0.269 e. The summed E-state index contributed by atoms with van der Waals surface area (Å²) >= 11 is 0. The van der Waals surface area contributed by atoms with Gasteiger partial charge in [0.05, 0.1) is 4.92 Å². The van der Waals surface area contributed by atoms with Crippen LogP contribution in [-0.4, -0.2) is 34.1 Å². The van der Waals surface area contributed by atoms with Crippen molar-refractivity contribution in [2.75, 3.05) is 18.0 Å². The summed E-state index contributed by atoms with van der Waals surface area (Å²) < 4.78 is 5.96. The van der Waals surface area contributed by atoms with Crippen molar-refractivity contribution in [3.8, 4) is 5.75 Å². The van der Waals surface area contributed by atoms with Crippen LogP contribution in [0.2, 0.25) is 0 Å². The van der Waals surface area contributed by atoms with Gasteiger partial charge in [-0.1, -0.05) is 6.92 Å². The fourth-order valence-corrected chi connectivity index (χ4v) is 3.00. The molecular weight excluding hydrogens is 320 g/mol. The maximum Gasteiger partial charge on any atom is 0.269 e. The van der Waals surface area contributed by atoms with E-state index >= 15 is 0 Å². The van der Waals surface area contributed by atoms with Crippen molar-refractivity contribution in [2.24, 2.45) is 0 Å². The molecule has 25 heavy (non-hydrogen) atoms. The minimum Gasteiger partial charge on any atom is -0.490 e. The number of rotatable bonds is 5. The molecule has 2 heterocycles. The minimum atomic E-state index is -0.406. The molecule has 0 saturated carbocycles. The van der Waals surface area contributed by atoms with Crippen LogP contribution in [-0.2, 0) is 6.42 Å². The molecule has 0 radical (unpaired) electrons. The van der Waals surface area contributed by atoms with Crippen LogP contribution in [0, 0.1) is 17.0 Å². The van der Waals surface area contributed by atoms with Crippen LogP contribution in [0.5, 0.6) is 5.75 Å². The molecule has 2 aromatic rings. The van der Waals surface area contributed by atoms with Gasteiger partial charge in [0.2, 0.25) is 0 Å². The monoisotopic (exact) mass is 342 g/mol. The molecule has 0 atom stereocenters. The van der Waals surface area contributed by atoms with Crippen LogP contribution in [0.15, 0.2) is 30.3 Å². The van der Waals surface area contributed by atoms with E-state index in [9.17, 15) is 10.1 Å². The number of hydrogen-bond donors (Lipinski definition) is 0.